The maximum absolute atomic E-state index is 13.2. The van der Waals surface area contributed by atoms with Gasteiger partial charge >= 0.3 is 0 Å². The fourth-order valence-electron chi connectivity index (χ4n) is 2.83. The van der Waals surface area contributed by atoms with Gasteiger partial charge in [0.1, 0.15) is 5.25 Å². The summed E-state index contributed by atoms with van der Waals surface area (Å²) in [5.41, 5.74) is 3.57. The van der Waals surface area contributed by atoms with Crippen LogP contribution in [0.5, 0.6) is 0 Å². The van der Waals surface area contributed by atoms with Gasteiger partial charge in [0.25, 0.3) is 5.22 Å². The molecular formula is C23H18N2O2S. The minimum atomic E-state index is -0.463. The van der Waals surface area contributed by atoms with Crippen molar-refractivity contribution >= 4 is 17.5 Å². The van der Waals surface area contributed by atoms with Crippen LogP contribution in [0.1, 0.15) is 26.7 Å². The number of ketones is 1. The molecule has 3 aromatic carbocycles. The van der Waals surface area contributed by atoms with Crippen LogP contribution in [0.25, 0.3) is 11.5 Å². The molecule has 0 fully saturated rings. The van der Waals surface area contributed by atoms with Gasteiger partial charge < -0.3 is 4.42 Å². The van der Waals surface area contributed by atoms with Crippen LogP contribution in [-0.4, -0.2) is 16.0 Å². The predicted octanol–water partition coefficient (Wildman–Crippen LogP) is 5.76. The summed E-state index contributed by atoms with van der Waals surface area (Å²) in [5.74, 6) is 0.452. The highest BCUT2D eigenvalue weighted by molar-refractivity contribution is 8.00. The van der Waals surface area contributed by atoms with Gasteiger partial charge in [-0.2, -0.15) is 0 Å². The number of benzene rings is 3. The summed E-state index contributed by atoms with van der Waals surface area (Å²) in [6.45, 7) is 2.03. The second-order valence-corrected chi connectivity index (χ2v) is 7.43. The largest absolute Gasteiger partial charge is 0.411 e. The van der Waals surface area contributed by atoms with E-state index in [4.69, 9.17) is 4.42 Å². The Morgan fingerprint density at radius 3 is 2.18 bits per heavy atom. The van der Waals surface area contributed by atoms with Gasteiger partial charge in [-0.05, 0) is 36.4 Å². The summed E-state index contributed by atoms with van der Waals surface area (Å²) in [6.07, 6.45) is 0. The lowest BCUT2D eigenvalue weighted by atomic mass is 10.0. The van der Waals surface area contributed by atoms with E-state index in [1.54, 1.807) is 0 Å². The molecule has 138 valence electrons. The van der Waals surface area contributed by atoms with Crippen LogP contribution in [0.4, 0.5) is 0 Å². The molecule has 1 aromatic heterocycles. The molecule has 1 heterocycles. The van der Waals surface area contributed by atoms with E-state index in [-0.39, 0.29) is 5.78 Å². The highest BCUT2D eigenvalue weighted by Gasteiger charge is 2.26. The van der Waals surface area contributed by atoms with Crippen molar-refractivity contribution in [3.63, 3.8) is 0 Å². The Bertz CT molecular complexity index is 1060. The Morgan fingerprint density at radius 2 is 1.50 bits per heavy atom. The van der Waals surface area contributed by atoms with Crippen molar-refractivity contribution < 1.29 is 9.21 Å². The van der Waals surface area contributed by atoms with Crippen LogP contribution < -0.4 is 0 Å². The zero-order valence-corrected chi connectivity index (χ0v) is 16.1. The number of thioether (sulfide) groups is 1. The second kappa shape index (κ2) is 8.23. The topological polar surface area (TPSA) is 56.0 Å². The van der Waals surface area contributed by atoms with E-state index >= 15 is 0 Å². The Morgan fingerprint density at radius 1 is 0.857 bits per heavy atom. The number of aromatic nitrogens is 2. The first-order valence-corrected chi connectivity index (χ1v) is 9.80. The van der Waals surface area contributed by atoms with E-state index in [9.17, 15) is 4.79 Å². The smallest absolute Gasteiger partial charge is 0.277 e. The standard InChI is InChI=1S/C23H18N2O2S/c1-16-12-14-19(15-13-16)22-24-25-23(27-22)28-21(18-10-6-3-7-11-18)20(26)17-8-4-2-5-9-17/h2-15,21H,1H3/t21-/m1/s1. The van der Waals surface area contributed by atoms with Crippen LogP contribution in [0.3, 0.4) is 0 Å². The van der Waals surface area contributed by atoms with Crippen molar-refractivity contribution in [3.8, 4) is 11.5 Å². The average molecular weight is 386 g/mol. The van der Waals surface area contributed by atoms with Crippen molar-refractivity contribution in [3.05, 3.63) is 102 Å². The van der Waals surface area contributed by atoms with E-state index in [2.05, 4.69) is 10.2 Å². The van der Waals surface area contributed by atoms with Crippen molar-refractivity contribution in [2.45, 2.75) is 17.4 Å². The van der Waals surface area contributed by atoms with Gasteiger partial charge in [0, 0.05) is 11.1 Å². The van der Waals surface area contributed by atoms with Crippen molar-refractivity contribution in [1.82, 2.24) is 10.2 Å². The third-order valence-corrected chi connectivity index (χ3v) is 5.41. The molecule has 0 N–H and O–H groups in total. The van der Waals surface area contributed by atoms with E-state index in [1.807, 2.05) is 91.9 Å². The molecule has 28 heavy (non-hydrogen) atoms. The van der Waals surface area contributed by atoms with Gasteiger partial charge in [-0.3, -0.25) is 4.79 Å². The van der Waals surface area contributed by atoms with Crippen molar-refractivity contribution in [2.75, 3.05) is 0 Å². The van der Waals surface area contributed by atoms with Gasteiger partial charge in [0.15, 0.2) is 5.78 Å². The lowest BCUT2D eigenvalue weighted by Gasteiger charge is -2.14. The Kier molecular flexibility index (Phi) is 5.35. The van der Waals surface area contributed by atoms with E-state index in [0.29, 0.717) is 16.7 Å². The minimum Gasteiger partial charge on any atom is -0.411 e. The maximum Gasteiger partial charge on any atom is 0.277 e. The van der Waals surface area contributed by atoms with Crippen molar-refractivity contribution in [2.24, 2.45) is 0 Å². The van der Waals surface area contributed by atoms with Gasteiger partial charge in [-0.1, -0.05) is 78.4 Å². The van der Waals surface area contributed by atoms with Crippen LogP contribution in [0.15, 0.2) is 94.6 Å². The fourth-order valence-corrected chi connectivity index (χ4v) is 3.78. The van der Waals surface area contributed by atoms with Crippen LogP contribution >= 0.6 is 11.8 Å². The molecule has 0 aliphatic carbocycles. The summed E-state index contributed by atoms with van der Waals surface area (Å²) < 4.78 is 5.84. The third kappa shape index (κ3) is 4.05. The monoisotopic (exact) mass is 386 g/mol. The molecule has 0 aliphatic rings. The summed E-state index contributed by atoms with van der Waals surface area (Å²) in [4.78, 5) is 13.2. The Balaban J connectivity index is 1.63. The van der Waals surface area contributed by atoms with Crippen LogP contribution in [0, 0.1) is 6.92 Å². The zero-order valence-electron chi connectivity index (χ0n) is 15.3. The van der Waals surface area contributed by atoms with Gasteiger partial charge in [-0.15, -0.1) is 10.2 Å². The molecule has 0 saturated carbocycles. The SMILES string of the molecule is Cc1ccc(-c2nnc(S[C@@H](C(=O)c3ccccc3)c3ccccc3)o2)cc1. The number of rotatable bonds is 6. The van der Waals surface area contributed by atoms with E-state index in [1.165, 1.54) is 11.8 Å². The zero-order chi connectivity index (χ0) is 19.3. The second-order valence-electron chi connectivity index (χ2n) is 6.38. The first kappa shape index (κ1) is 18.2. The lowest BCUT2D eigenvalue weighted by molar-refractivity contribution is 0.0989. The molecule has 4 nitrogen and oxygen atoms in total. The molecule has 0 unspecified atom stereocenters. The number of carbonyl (C=O) groups is 1. The molecule has 4 aromatic rings. The lowest BCUT2D eigenvalue weighted by Crippen LogP contribution is -2.10. The van der Waals surface area contributed by atoms with E-state index < -0.39 is 5.25 Å². The molecule has 0 amide bonds. The minimum absolute atomic E-state index is 0.00638. The molecular weight excluding hydrogens is 368 g/mol. The molecule has 0 bridgehead atoms. The van der Waals surface area contributed by atoms with Crippen molar-refractivity contribution in [1.29, 1.82) is 0 Å². The highest BCUT2D eigenvalue weighted by Crippen LogP contribution is 2.38. The number of nitrogens with zero attached hydrogens (tertiary/aromatic N) is 2. The molecule has 0 aliphatic heterocycles. The first-order chi connectivity index (χ1) is 13.7. The van der Waals surface area contributed by atoms with Crippen LogP contribution in [0.2, 0.25) is 0 Å². The summed E-state index contributed by atoms with van der Waals surface area (Å²) in [7, 11) is 0. The van der Waals surface area contributed by atoms with Crippen LogP contribution in [-0.2, 0) is 0 Å². The number of carbonyl (C=O) groups excluding carboxylic acids is 1. The summed E-state index contributed by atoms with van der Waals surface area (Å²) >= 11 is 1.27. The Labute approximate surface area is 167 Å². The summed E-state index contributed by atoms with van der Waals surface area (Å²) in [6, 6.07) is 26.8. The number of hydrogen-bond acceptors (Lipinski definition) is 5. The number of hydrogen-bond donors (Lipinski definition) is 0. The molecule has 5 heteroatoms. The Hall–Kier alpha value is -3.18. The first-order valence-electron chi connectivity index (χ1n) is 8.92. The highest BCUT2D eigenvalue weighted by atomic mass is 32.2. The normalized spacial score (nSPS) is 11.9. The predicted molar refractivity (Wildman–Crippen MR) is 110 cm³/mol. The molecule has 0 saturated heterocycles. The maximum atomic E-state index is 13.2. The quantitative estimate of drug-likeness (QED) is 0.311. The number of Topliss-reactive ketones (excluding diaryl/α,β-unsaturated/α-hetero) is 1. The average Bonchev–Trinajstić information content (AvgIpc) is 3.22. The van der Waals surface area contributed by atoms with Gasteiger partial charge in [-0.25, -0.2) is 0 Å². The fraction of sp³-hybridized carbons (Fsp3) is 0.0870. The molecule has 1 atom stereocenters. The third-order valence-electron chi connectivity index (χ3n) is 4.32. The number of aryl methyl sites for hydroxylation is 1. The molecule has 0 spiro atoms. The molecule has 4 rings (SSSR count). The van der Waals surface area contributed by atoms with Gasteiger partial charge in [0.2, 0.25) is 5.89 Å². The summed E-state index contributed by atoms with van der Waals surface area (Å²) in [5, 5.41) is 8.20. The van der Waals surface area contributed by atoms with E-state index in [0.717, 1.165) is 16.7 Å². The van der Waals surface area contributed by atoms with Gasteiger partial charge in [0.05, 0.1) is 0 Å². The molecule has 0 radical (unpaired) electrons.